The van der Waals surface area contributed by atoms with Crippen LogP contribution in [0.2, 0.25) is 0 Å². The van der Waals surface area contributed by atoms with E-state index in [4.69, 9.17) is 14.2 Å². The number of nitrogens with zero attached hydrogens (tertiary/aromatic N) is 1. The molecule has 1 heterocycles. The number of thioether (sulfide) groups is 2. The third-order valence-corrected chi connectivity index (χ3v) is 11.9. The maximum atomic E-state index is 13.2. The lowest BCUT2D eigenvalue weighted by Crippen LogP contribution is -2.30. The fourth-order valence-corrected chi connectivity index (χ4v) is 8.72. The fraction of sp³-hybridized carbons (Fsp3) is 0.656. The lowest BCUT2D eigenvalue weighted by Gasteiger charge is -2.37. The van der Waals surface area contributed by atoms with E-state index >= 15 is 0 Å². The second kappa shape index (κ2) is 13.8. The zero-order chi connectivity index (χ0) is 28.9. The molecule has 8 heteroatoms. The molecule has 0 saturated heterocycles. The molecule has 2 saturated carbocycles. The molecule has 4 rings (SSSR count). The number of hydrogen-bond acceptors (Lipinski definition) is 8. The number of ether oxygens (including phenoxy) is 3. The van der Waals surface area contributed by atoms with Gasteiger partial charge in [-0.05, 0) is 88.7 Å². The number of esters is 2. The number of carbonyl (C=O) groups excluding carboxylic acids is 2. The van der Waals surface area contributed by atoms with E-state index in [-0.39, 0.29) is 24.1 Å². The van der Waals surface area contributed by atoms with Gasteiger partial charge in [0.2, 0.25) is 0 Å². The van der Waals surface area contributed by atoms with Crippen molar-refractivity contribution >= 4 is 35.5 Å². The third-order valence-electron chi connectivity index (χ3n) is 9.12. The predicted octanol–water partition coefficient (Wildman–Crippen LogP) is 8.21. The quantitative estimate of drug-likeness (QED) is 0.124. The summed E-state index contributed by atoms with van der Waals surface area (Å²) < 4.78 is 17.3. The Hall–Kier alpha value is -1.95. The van der Waals surface area contributed by atoms with Gasteiger partial charge in [-0.25, -0.2) is 4.79 Å². The number of methoxy groups -OCH3 is 1. The Morgan fingerprint density at radius 2 is 1.62 bits per heavy atom. The normalized spacial score (nSPS) is 26.0. The maximum Gasteiger partial charge on any atom is 0.350 e. The molecule has 0 spiro atoms. The Kier molecular flexibility index (Phi) is 10.7. The van der Waals surface area contributed by atoms with Crippen molar-refractivity contribution in [3.63, 3.8) is 0 Å². The Morgan fingerprint density at radius 3 is 2.23 bits per heavy atom. The number of fused-ring (bicyclic) bond motifs is 1. The highest BCUT2D eigenvalue weighted by molar-refractivity contribution is 8.24. The minimum absolute atomic E-state index is 0.0237. The largest absolute Gasteiger partial charge is 0.461 e. The van der Waals surface area contributed by atoms with Crippen LogP contribution in [0, 0.1) is 41.9 Å². The Morgan fingerprint density at radius 1 is 1.00 bits per heavy atom. The Bertz CT molecular complexity index is 1150. The summed E-state index contributed by atoms with van der Waals surface area (Å²) in [5.41, 5.74) is 0.564. The molecule has 40 heavy (non-hydrogen) atoms. The van der Waals surface area contributed by atoms with Crippen LogP contribution in [0.25, 0.3) is 0 Å². The highest BCUT2D eigenvalue weighted by atomic mass is 32.2. The van der Waals surface area contributed by atoms with Crippen LogP contribution in [0.3, 0.4) is 0 Å². The van der Waals surface area contributed by atoms with Gasteiger partial charge in [0.05, 0.1) is 27.3 Å². The van der Waals surface area contributed by atoms with Gasteiger partial charge >= 0.3 is 11.9 Å². The molecule has 0 aromatic heterocycles. The molecule has 218 valence electrons. The molecule has 2 fully saturated rings. The first-order valence-electron chi connectivity index (χ1n) is 14.7. The van der Waals surface area contributed by atoms with Crippen LogP contribution in [0.4, 0.5) is 0 Å². The summed E-state index contributed by atoms with van der Waals surface area (Å²) in [7, 11) is 1.62. The molecular formula is C32H43NO5S2. The first kappa shape index (κ1) is 31.0. The van der Waals surface area contributed by atoms with Crippen molar-refractivity contribution in [3.8, 4) is 11.8 Å². The van der Waals surface area contributed by atoms with E-state index in [1.807, 2.05) is 39.0 Å². The van der Waals surface area contributed by atoms with Crippen LogP contribution in [0.1, 0.15) is 90.5 Å². The summed E-state index contributed by atoms with van der Waals surface area (Å²) in [5.74, 6) is 2.10. The number of hydrogen-bond donors (Lipinski definition) is 0. The molecule has 0 radical (unpaired) electrons. The molecule has 0 atom stereocenters. The summed E-state index contributed by atoms with van der Waals surface area (Å²) in [6, 6.07) is 5.79. The minimum Gasteiger partial charge on any atom is -0.461 e. The summed E-state index contributed by atoms with van der Waals surface area (Å²) in [6.45, 7) is 8.28. The first-order chi connectivity index (χ1) is 19.2. The van der Waals surface area contributed by atoms with E-state index in [2.05, 4.69) is 6.92 Å². The van der Waals surface area contributed by atoms with E-state index in [1.165, 1.54) is 55.6 Å². The number of aryl methyl sites for hydroxylation is 1. The van der Waals surface area contributed by atoms with E-state index in [9.17, 15) is 14.9 Å². The van der Waals surface area contributed by atoms with Gasteiger partial charge in [0, 0.05) is 18.4 Å². The van der Waals surface area contributed by atoms with E-state index in [0.29, 0.717) is 16.4 Å². The fourth-order valence-electron chi connectivity index (χ4n) is 6.08. The number of carbonyl (C=O) groups is 2. The van der Waals surface area contributed by atoms with Crippen LogP contribution in [0.15, 0.2) is 31.7 Å². The molecule has 1 aromatic rings. The first-order valence-corrected chi connectivity index (χ1v) is 16.4. The van der Waals surface area contributed by atoms with Gasteiger partial charge in [-0.3, -0.25) is 4.79 Å². The summed E-state index contributed by atoms with van der Waals surface area (Å²) in [5, 5.41) is 9.79. The number of nitriles is 1. The monoisotopic (exact) mass is 585 g/mol. The van der Waals surface area contributed by atoms with Gasteiger partial charge < -0.3 is 14.2 Å². The van der Waals surface area contributed by atoms with E-state index in [1.54, 1.807) is 7.11 Å². The molecule has 0 N–H and O–H groups in total. The Labute approximate surface area is 248 Å². The average Bonchev–Trinajstić information content (AvgIpc) is 3.41. The van der Waals surface area contributed by atoms with E-state index in [0.717, 1.165) is 58.8 Å². The van der Waals surface area contributed by atoms with Crippen molar-refractivity contribution in [2.75, 3.05) is 13.7 Å². The second-order valence-corrected chi connectivity index (χ2v) is 14.4. The van der Waals surface area contributed by atoms with Crippen molar-refractivity contribution < 1.29 is 23.8 Å². The van der Waals surface area contributed by atoms with Gasteiger partial charge in [-0.1, -0.05) is 55.8 Å². The highest BCUT2D eigenvalue weighted by Gasteiger charge is 2.35. The van der Waals surface area contributed by atoms with Crippen LogP contribution in [-0.2, 0) is 19.1 Å². The zero-order valence-electron chi connectivity index (χ0n) is 24.5. The van der Waals surface area contributed by atoms with Gasteiger partial charge in [0.15, 0.2) is 5.57 Å². The van der Waals surface area contributed by atoms with Crippen LogP contribution >= 0.6 is 23.5 Å². The van der Waals surface area contributed by atoms with Gasteiger partial charge in [0.25, 0.3) is 0 Å². The van der Waals surface area contributed by atoms with Crippen molar-refractivity contribution in [1.29, 1.82) is 5.26 Å². The smallest absolute Gasteiger partial charge is 0.350 e. The topological polar surface area (TPSA) is 85.6 Å². The van der Waals surface area contributed by atoms with E-state index < -0.39 is 11.6 Å². The second-order valence-electron chi connectivity index (χ2n) is 12.1. The van der Waals surface area contributed by atoms with Crippen molar-refractivity contribution in [2.24, 2.45) is 23.7 Å². The SMILES string of the molecule is CCC1CCC(C2CCC(C(=O)Oc3ccc(C)c4c3S/C(=C(/C#N)C(=O)OCCC(C)(C)OC)S4)CC2)CC1. The lowest BCUT2D eigenvalue weighted by atomic mass is 9.69. The van der Waals surface area contributed by atoms with Gasteiger partial charge in [-0.15, -0.1) is 0 Å². The minimum atomic E-state index is -0.645. The van der Waals surface area contributed by atoms with Gasteiger partial charge in [-0.2, -0.15) is 5.26 Å². The van der Waals surface area contributed by atoms with Crippen LogP contribution in [-0.4, -0.2) is 31.3 Å². The average molecular weight is 586 g/mol. The highest BCUT2D eigenvalue weighted by Crippen LogP contribution is 2.57. The molecule has 3 aliphatic rings. The number of rotatable bonds is 9. The molecule has 0 unspecified atom stereocenters. The summed E-state index contributed by atoms with van der Waals surface area (Å²) in [6.07, 6.45) is 11.3. The van der Waals surface area contributed by atoms with Crippen molar-refractivity contribution in [1.82, 2.24) is 0 Å². The molecule has 6 nitrogen and oxygen atoms in total. The Balaban J connectivity index is 1.37. The maximum absolute atomic E-state index is 13.2. The summed E-state index contributed by atoms with van der Waals surface area (Å²) in [4.78, 5) is 27.7. The van der Waals surface area contributed by atoms with Crippen molar-refractivity contribution in [3.05, 3.63) is 27.5 Å². The predicted molar refractivity (Wildman–Crippen MR) is 159 cm³/mol. The molecule has 0 amide bonds. The standard InChI is InChI=1S/C32H43NO5S2/c1-6-21-8-10-22(11-9-21)23-12-14-24(15-13-23)29(34)38-26-16-7-20(2)27-28(26)40-31(39-27)25(19-33)30(35)37-18-17-32(3,4)36-5/h7,16,21-24H,6,8-15,17-18H2,1-5H3/b31-25-. The zero-order valence-corrected chi connectivity index (χ0v) is 26.2. The number of benzene rings is 1. The van der Waals surface area contributed by atoms with Crippen LogP contribution in [0.5, 0.6) is 5.75 Å². The molecule has 2 aliphatic carbocycles. The molecule has 1 aliphatic heterocycles. The molecule has 0 bridgehead atoms. The summed E-state index contributed by atoms with van der Waals surface area (Å²) >= 11 is 2.67. The van der Waals surface area contributed by atoms with Crippen molar-refractivity contribution in [2.45, 2.75) is 107 Å². The van der Waals surface area contributed by atoms with Gasteiger partial charge in [0.1, 0.15) is 11.8 Å². The molecular weight excluding hydrogens is 542 g/mol. The van der Waals surface area contributed by atoms with Crippen LogP contribution < -0.4 is 4.74 Å². The molecule has 1 aromatic carbocycles. The third kappa shape index (κ3) is 7.46. The lowest BCUT2D eigenvalue weighted by molar-refractivity contribution is -0.141.